The van der Waals surface area contributed by atoms with E-state index >= 15 is 0 Å². The van der Waals surface area contributed by atoms with Gasteiger partial charge < -0.3 is 0 Å². The minimum atomic E-state index is -2.83. The summed E-state index contributed by atoms with van der Waals surface area (Å²) in [5.74, 6) is -5.29. The van der Waals surface area contributed by atoms with E-state index in [1.807, 2.05) is 30.3 Å². The van der Waals surface area contributed by atoms with Crippen LogP contribution in [0.4, 0.5) is 0 Å². The van der Waals surface area contributed by atoms with Crippen LogP contribution in [0.5, 0.6) is 0 Å². The number of nitrogens with zero attached hydrogens (tertiary/aromatic N) is 3. The van der Waals surface area contributed by atoms with Gasteiger partial charge in [0.1, 0.15) is 0 Å². The quantitative estimate of drug-likeness (QED) is 0.541. The van der Waals surface area contributed by atoms with E-state index in [1.165, 1.54) is 0 Å². The van der Waals surface area contributed by atoms with Crippen LogP contribution in [0.25, 0.3) is 0 Å². The molecule has 0 bridgehead atoms. The first-order valence-corrected chi connectivity index (χ1v) is 11.1. The van der Waals surface area contributed by atoms with Crippen molar-refractivity contribution in [1.82, 2.24) is 0 Å². The Bertz CT molecular complexity index is 535. The van der Waals surface area contributed by atoms with Gasteiger partial charge in [-0.3, -0.25) is 0 Å². The molecule has 86 valence electrons. The first kappa shape index (κ1) is 13.0. The van der Waals surface area contributed by atoms with Crippen LogP contribution in [0.1, 0.15) is 5.56 Å². The monoisotopic (exact) mass is 333 g/mol. The van der Waals surface area contributed by atoms with Crippen LogP contribution in [0, 0.1) is 0 Å². The summed E-state index contributed by atoms with van der Waals surface area (Å²) in [7, 11) is 0. The maximum atomic E-state index is 5.92. The molecule has 1 aliphatic heterocycles. The SMILES string of the molecule is ClP1(Cl)=NC(c2ccccc2)=NP(Cl)(Cl)=N1. The Kier molecular flexibility index (Phi) is 3.76. The first-order valence-electron chi connectivity index (χ1n) is 4.08. The van der Waals surface area contributed by atoms with Gasteiger partial charge in [0.25, 0.3) is 11.8 Å². The van der Waals surface area contributed by atoms with Gasteiger partial charge in [0.2, 0.25) is 0 Å². The molecule has 0 saturated carbocycles. The Morgan fingerprint density at radius 3 is 2.06 bits per heavy atom. The number of benzene rings is 1. The fourth-order valence-corrected chi connectivity index (χ4v) is 8.95. The van der Waals surface area contributed by atoms with Crippen molar-refractivity contribution in [2.75, 3.05) is 0 Å². The second-order valence-electron chi connectivity index (χ2n) is 2.89. The zero-order chi connectivity index (χ0) is 11.8. The first-order chi connectivity index (χ1) is 7.38. The second-order valence-corrected chi connectivity index (χ2v) is 12.5. The van der Waals surface area contributed by atoms with E-state index in [2.05, 4.69) is 14.0 Å². The average molecular weight is 335 g/mol. The van der Waals surface area contributed by atoms with Crippen molar-refractivity contribution < 1.29 is 0 Å². The molecule has 0 aromatic heterocycles. The number of hydrogen-bond acceptors (Lipinski definition) is 3. The van der Waals surface area contributed by atoms with Crippen molar-refractivity contribution in [2.24, 2.45) is 14.0 Å². The molecular weight excluding hydrogens is 330 g/mol. The Hall–Kier alpha value is 0.510. The van der Waals surface area contributed by atoms with E-state index in [4.69, 9.17) is 45.0 Å². The molecule has 1 aromatic carbocycles. The summed E-state index contributed by atoms with van der Waals surface area (Å²) < 4.78 is 12.0. The van der Waals surface area contributed by atoms with E-state index in [-0.39, 0.29) is 0 Å². The number of halogens is 4. The van der Waals surface area contributed by atoms with Gasteiger partial charge in [-0.2, -0.15) is 14.0 Å². The highest BCUT2D eigenvalue weighted by molar-refractivity contribution is 8.18. The van der Waals surface area contributed by atoms with Crippen molar-refractivity contribution in [3.8, 4) is 0 Å². The average Bonchev–Trinajstić information content (AvgIpc) is 2.14. The van der Waals surface area contributed by atoms with Gasteiger partial charge >= 0.3 is 0 Å². The topological polar surface area (TPSA) is 37.1 Å². The molecule has 0 spiro atoms. The van der Waals surface area contributed by atoms with E-state index in [1.54, 1.807) is 0 Å². The van der Waals surface area contributed by atoms with Crippen molar-refractivity contribution in [2.45, 2.75) is 0 Å². The summed E-state index contributed by atoms with van der Waals surface area (Å²) in [5.41, 5.74) is 0.772. The maximum Gasteiger partial charge on any atom is 0.257 e. The summed E-state index contributed by atoms with van der Waals surface area (Å²) in [4.78, 5) is 0. The lowest BCUT2D eigenvalue weighted by atomic mass is 10.2. The lowest BCUT2D eigenvalue weighted by molar-refractivity contribution is 1.55. The highest BCUT2D eigenvalue weighted by Gasteiger charge is 2.25. The molecule has 0 unspecified atom stereocenters. The van der Waals surface area contributed by atoms with Gasteiger partial charge in [0.05, 0.1) is 0 Å². The van der Waals surface area contributed by atoms with Gasteiger partial charge in [0, 0.05) is 5.56 Å². The normalized spacial score (nSPS) is 21.6. The van der Waals surface area contributed by atoms with Gasteiger partial charge in [-0.15, -0.1) is 0 Å². The van der Waals surface area contributed by atoms with E-state index in [9.17, 15) is 0 Å². The van der Waals surface area contributed by atoms with Gasteiger partial charge in [-0.25, -0.2) is 0 Å². The largest absolute Gasteiger partial charge is 0.257 e. The Labute approximate surface area is 112 Å². The summed E-state index contributed by atoms with van der Waals surface area (Å²) in [6.45, 7) is 0. The third kappa shape index (κ3) is 3.26. The molecule has 0 N–H and O–H groups in total. The molecule has 1 aromatic rings. The van der Waals surface area contributed by atoms with Crippen LogP contribution in [0.2, 0.25) is 0 Å². The molecule has 0 amide bonds. The zero-order valence-electron chi connectivity index (χ0n) is 7.63. The standard InChI is InChI=1S/C7H5Cl4N3P2/c8-15(9)12-7(13-16(10,11)14-15)6-4-2-1-3-5-6/h1-5H. The number of hydrogen-bond donors (Lipinski definition) is 0. The van der Waals surface area contributed by atoms with Crippen molar-refractivity contribution in [3.05, 3.63) is 35.9 Å². The van der Waals surface area contributed by atoms with Crippen LogP contribution in [0.3, 0.4) is 0 Å². The fourth-order valence-electron chi connectivity index (χ4n) is 1.12. The lowest BCUT2D eigenvalue weighted by Crippen LogP contribution is -1.96. The number of rotatable bonds is 1. The molecule has 1 heterocycles. The third-order valence-corrected chi connectivity index (χ3v) is 7.60. The fraction of sp³-hybridized carbons (Fsp3) is 0. The van der Waals surface area contributed by atoms with Crippen LogP contribution >= 0.6 is 56.8 Å². The third-order valence-electron chi connectivity index (χ3n) is 1.68. The molecule has 3 nitrogen and oxygen atoms in total. The van der Waals surface area contributed by atoms with E-state index in [0.29, 0.717) is 5.84 Å². The highest BCUT2D eigenvalue weighted by atomic mass is 35.9. The van der Waals surface area contributed by atoms with Crippen LogP contribution in [-0.2, 0) is 0 Å². The van der Waals surface area contributed by atoms with E-state index < -0.39 is 11.8 Å². The predicted octanol–water partition coefficient (Wildman–Crippen LogP) is 6.29. The minimum absolute atomic E-state index is 0.368. The molecule has 1 aliphatic rings. The van der Waals surface area contributed by atoms with Crippen LogP contribution in [-0.4, -0.2) is 5.84 Å². The molecule has 0 fully saturated rings. The molecular formula is C7H5Cl4N3P2. The van der Waals surface area contributed by atoms with Crippen molar-refractivity contribution >= 4 is 62.6 Å². The number of amidine groups is 1. The zero-order valence-corrected chi connectivity index (χ0v) is 12.4. The Morgan fingerprint density at radius 2 is 1.50 bits per heavy atom. The van der Waals surface area contributed by atoms with E-state index in [0.717, 1.165) is 5.56 Å². The Balaban J connectivity index is 2.58. The molecule has 2 rings (SSSR count). The predicted molar refractivity (Wildman–Crippen MR) is 75.1 cm³/mol. The summed E-state index contributed by atoms with van der Waals surface area (Å²) in [5, 5.41) is 0. The van der Waals surface area contributed by atoms with Crippen molar-refractivity contribution in [1.29, 1.82) is 0 Å². The summed E-state index contributed by atoms with van der Waals surface area (Å²) in [6, 6.07) is 9.24. The lowest BCUT2D eigenvalue weighted by Gasteiger charge is -2.14. The van der Waals surface area contributed by atoms with Crippen LogP contribution < -0.4 is 0 Å². The summed E-state index contributed by atoms with van der Waals surface area (Å²) in [6.07, 6.45) is 0. The molecule has 0 radical (unpaired) electrons. The highest BCUT2D eigenvalue weighted by Crippen LogP contribution is 2.77. The van der Waals surface area contributed by atoms with Gasteiger partial charge in [-0.05, 0) is 45.0 Å². The molecule has 9 heteroatoms. The smallest absolute Gasteiger partial charge is 0.197 e. The van der Waals surface area contributed by atoms with Crippen molar-refractivity contribution in [3.63, 3.8) is 0 Å². The molecule has 0 aliphatic carbocycles. The maximum absolute atomic E-state index is 5.92. The van der Waals surface area contributed by atoms with Gasteiger partial charge in [0.15, 0.2) is 5.84 Å². The molecule has 0 saturated heterocycles. The van der Waals surface area contributed by atoms with Gasteiger partial charge in [-0.1, -0.05) is 30.3 Å². The minimum Gasteiger partial charge on any atom is -0.197 e. The molecule has 16 heavy (non-hydrogen) atoms. The summed E-state index contributed by atoms with van der Waals surface area (Å²) >= 11 is 23.7. The molecule has 0 atom stereocenters. The van der Waals surface area contributed by atoms with Crippen LogP contribution in [0.15, 0.2) is 44.4 Å². The second kappa shape index (κ2) is 4.65. The Morgan fingerprint density at radius 1 is 0.875 bits per heavy atom.